The van der Waals surface area contributed by atoms with Crippen molar-refractivity contribution in [2.45, 2.75) is 27.3 Å². The molecule has 0 saturated carbocycles. The van der Waals surface area contributed by atoms with Crippen molar-refractivity contribution in [3.05, 3.63) is 71.5 Å². The molecular weight excluding hydrogens is 326 g/mol. The first-order valence-corrected chi connectivity index (χ1v) is 8.73. The Balaban J connectivity index is 1.83. The van der Waals surface area contributed by atoms with Gasteiger partial charge in [0.2, 0.25) is 5.91 Å². The average molecular weight is 349 g/mol. The van der Waals surface area contributed by atoms with Crippen molar-refractivity contribution in [2.75, 3.05) is 6.61 Å². The van der Waals surface area contributed by atoms with Crippen molar-refractivity contribution in [1.29, 1.82) is 0 Å². The fourth-order valence-electron chi connectivity index (χ4n) is 2.88. The Morgan fingerprint density at radius 2 is 2.00 bits per heavy atom. The maximum absolute atomic E-state index is 12.3. The number of carbonyl (C=O) groups excluding carboxylic acids is 1. The Morgan fingerprint density at radius 1 is 1.23 bits per heavy atom. The fraction of sp³-hybridized carbons (Fsp3) is 0.227. The normalized spacial score (nSPS) is 11.6. The van der Waals surface area contributed by atoms with Gasteiger partial charge in [-0.1, -0.05) is 30.3 Å². The van der Waals surface area contributed by atoms with Crippen molar-refractivity contribution in [1.82, 2.24) is 5.32 Å². The molecule has 0 spiro atoms. The molecule has 3 rings (SSSR count). The number of hydrogen-bond donors (Lipinski definition) is 1. The van der Waals surface area contributed by atoms with Crippen molar-refractivity contribution < 1.29 is 13.9 Å². The number of carbonyl (C=O) groups is 1. The Labute approximate surface area is 153 Å². The Morgan fingerprint density at radius 3 is 2.73 bits per heavy atom. The van der Waals surface area contributed by atoms with E-state index in [0.717, 1.165) is 39.0 Å². The van der Waals surface area contributed by atoms with E-state index in [1.165, 1.54) is 0 Å². The molecule has 4 heteroatoms. The summed E-state index contributed by atoms with van der Waals surface area (Å²) in [6.07, 6.45) is 3.35. The topological polar surface area (TPSA) is 51.5 Å². The smallest absolute Gasteiger partial charge is 0.244 e. The van der Waals surface area contributed by atoms with E-state index < -0.39 is 0 Å². The molecular formula is C22H23NO3. The van der Waals surface area contributed by atoms with Gasteiger partial charge >= 0.3 is 0 Å². The fourth-order valence-corrected chi connectivity index (χ4v) is 2.88. The second-order valence-corrected chi connectivity index (χ2v) is 6.23. The highest BCUT2D eigenvalue weighted by Crippen LogP contribution is 2.33. The quantitative estimate of drug-likeness (QED) is 0.647. The molecule has 0 saturated heterocycles. The van der Waals surface area contributed by atoms with Crippen molar-refractivity contribution in [2.24, 2.45) is 0 Å². The summed E-state index contributed by atoms with van der Waals surface area (Å²) in [5, 5.41) is 3.95. The van der Waals surface area contributed by atoms with Crippen LogP contribution < -0.4 is 10.1 Å². The summed E-state index contributed by atoms with van der Waals surface area (Å²) < 4.78 is 11.3. The van der Waals surface area contributed by atoms with Gasteiger partial charge < -0.3 is 14.5 Å². The van der Waals surface area contributed by atoms with E-state index in [-0.39, 0.29) is 5.91 Å². The summed E-state index contributed by atoms with van der Waals surface area (Å²) in [7, 11) is 0. The summed E-state index contributed by atoms with van der Waals surface area (Å²) in [6.45, 7) is 6.91. The van der Waals surface area contributed by atoms with Gasteiger partial charge in [0.05, 0.1) is 12.9 Å². The number of ether oxygens (including phenoxy) is 1. The molecule has 26 heavy (non-hydrogen) atoms. The van der Waals surface area contributed by atoms with Crippen LogP contribution in [-0.2, 0) is 11.3 Å². The number of fused-ring (bicyclic) bond motifs is 1. The first-order valence-electron chi connectivity index (χ1n) is 8.73. The summed E-state index contributed by atoms with van der Waals surface area (Å²) in [6, 6.07) is 13.8. The van der Waals surface area contributed by atoms with Gasteiger partial charge in [-0.25, -0.2) is 0 Å². The van der Waals surface area contributed by atoms with Gasteiger partial charge in [0.15, 0.2) is 0 Å². The Bertz CT molecular complexity index is 939. The van der Waals surface area contributed by atoms with E-state index in [1.54, 1.807) is 12.3 Å². The van der Waals surface area contributed by atoms with Crippen LogP contribution in [-0.4, -0.2) is 12.5 Å². The zero-order valence-electron chi connectivity index (χ0n) is 15.3. The first-order chi connectivity index (χ1) is 12.6. The zero-order valence-corrected chi connectivity index (χ0v) is 15.3. The lowest BCUT2D eigenvalue weighted by Gasteiger charge is -2.11. The SMILES string of the molecule is CCOc1cc2occ(C)c2cc1/C(C)=C/C(=O)NCc1ccccc1. The van der Waals surface area contributed by atoms with Gasteiger partial charge in [-0.2, -0.15) is 0 Å². The summed E-state index contributed by atoms with van der Waals surface area (Å²) in [5.74, 6) is 0.594. The Hall–Kier alpha value is -3.01. The maximum Gasteiger partial charge on any atom is 0.244 e. The van der Waals surface area contributed by atoms with Crippen LogP contribution in [0.1, 0.15) is 30.5 Å². The van der Waals surface area contributed by atoms with Crippen LogP contribution in [0.3, 0.4) is 0 Å². The standard InChI is InChI=1S/C22H23NO3/c1-4-25-20-12-21-19(16(3)14-26-21)11-18(20)15(2)10-22(24)23-13-17-8-6-5-7-9-17/h5-12,14H,4,13H2,1-3H3,(H,23,24)/b15-10+. The molecule has 4 nitrogen and oxygen atoms in total. The minimum Gasteiger partial charge on any atom is -0.493 e. The average Bonchev–Trinajstić information content (AvgIpc) is 3.00. The molecule has 0 aliphatic rings. The highest BCUT2D eigenvalue weighted by molar-refractivity contribution is 5.97. The second kappa shape index (κ2) is 7.91. The van der Waals surface area contributed by atoms with Gasteiger partial charge in [0, 0.05) is 29.6 Å². The number of allylic oxidation sites excluding steroid dienone is 1. The van der Waals surface area contributed by atoms with Gasteiger partial charge in [-0.3, -0.25) is 4.79 Å². The maximum atomic E-state index is 12.3. The molecule has 0 atom stereocenters. The number of rotatable bonds is 6. The number of hydrogen-bond acceptors (Lipinski definition) is 3. The van der Waals surface area contributed by atoms with E-state index in [9.17, 15) is 4.79 Å². The van der Waals surface area contributed by atoms with Gasteiger partial charge in [-0.15, -0.1) is 0 Å². The van der Waals surface area contributed by atoms with Gasteiger partial charge in [0.1, 0.15) is 11.3 Å². The number of furan rings is 1. The van der Waals surface area contributed by atoms with Crippen LogP contribution in [0.15, 0.2) is 59.2 Å². The molecule has 0 aliphatic heterocycles. The number of amides is 1. The van der Waals surface area contributed by atoms with Crippen LogP contribution in [0, 0.1) is 6.92 Å². The minimum atomic E-state index is -0.127. The predicted molar refractivity (Wildman–Crippen MR) is 104 cm³/mol. The first kappa shape index (κ1) is 17.8. The molecule has 0 aliphatic carbocycles. The van der Waals surface area contributed by atoms with Crippen LogP contribution in [0.2, 0.25) is 0 Å². The van der Waals surface area contributed by atoms with Crippen LogP contribution in [0.5, 0.6) is 5.75 Å². The highest BCUT2D eigenvalue weighted by atomic mass is 16.5. The van der Waals surface area contributed by atoms with E-state index in [2.05, 4.69) is 5.32 Å². The molecule has 2 aromatic carbocycles. The van der Waals surface area contributed by atoms with Crippen molar-refractivity contribution >= 4 is 22.4 Å². The summed E-state index contributed by atoms with van der Waals surface area (Å²) >= 11 is 0. The third-order valence-corrected chi connectivity index (χ3v) is 4.25. The van der Waals surface area contributed by atoms with Crippen LogP contribution in [0.25, 0.3) is 16.5 Å². The van der Waals surface area contributed by atoms with E-state index >= 15 is 0 Å². The molecule has 1 N–H and O–H groups in total. The zero-order chi connectivity index (χ0) is 18.5. The molecule has 1 heterocycles. The highest BCUT2D eigenvalue weighted by Gasteiger charge is 2.12. The third-order valence-electron chi connectivity index (χ3n) is 4.25. The lowest BCUT2D eigenvalue weighted by atomic mass is 10.0. The molecule has 0 unspecified atom stereocenters. The molecule has 1 amide bonds. The van der Waals surface area contributed by atoms with Crippen molar-refractivity contribution in [3.8, 4) is 5.75 Å². The van der Waals surface area contributed by atoms with Crippen LogP contribution >= 0.6 is 0 Å². The molecule has 0 radical (unpaired) electrons. The van der Waals surface area contributed by atoms with Gasteiger partial charge in [0.25, 0.3) is 0 Å². The molecule has 3 aromatic rings. The monoisotopic (exact) mass is 349 g/mol. The lowest BCUT2D eigenvalue weighted by molar-refractivity contribution is -0.116. The Kier molecular flexibility index (Phi) is 5.42. The molecule has 0 bridgehead atoms. The van der Waals surface area contributed by atoms with Crippen LogP contribution in [0.4, 0.5) is 0 Å². The summed E-state index contributed by atoms with van der Waals surface area (Å²) in [4.78, 5) is 12.3. The summed E-state index contributed by atoms with van der Waals surface area (Å²) in [5.41, 5.74) is 4.67. The molecule has 0 fully saturated rings. The van der Waals surface area contributed by atoms with Gasteiger partial charge in [-0.05, 0) is 43.5 Å². The van der Waals surface area contributed by atoms with E-state index in [1.807, 2.05) is 63.2 Å². The minimum absolute atomic E-state index is 0.127. The lowest BCUT2D eigenvalue weighted by Crippen LogP contribution is -2.20. The third kappa shape index (κ3) is 3.97. The molecule has 134 valence electrons. The number of benzene rings is 2. The van der Waals surface area contributed by atoms with Crippen molar-refractivity contribution in [3.63, 3.8) is 0 Å². The molecule has 1 aromatic heterocycles. The largest absolute Gasteiger partial charge is 0.493 e. The second-order valence-electron chi connectivity index (χ2n) is 6.23. The van der Waals surface area contributed by atoms with E-state index in [4.69, 9.17) is 9.15 Å². The predicted octanol–water partition coefficient (Wildman–Crippen LogP) is 4.86. The van der Waals surface area contributed by atoms with E-state index in [0.29, 0.717) is 13.2 Å². The number of nitrogens with one attached hydrogen (secondary N) is 1. The number of aryl methyl sites for hydroxylation is 1.